The topological polar surface area (TPSA) is 57.2 Å². The molecule has 0 atom stereocenters. The summed E-state index contributed by atoms with van der Waals surface area (Å²) >= 11 is 0. The quantitative estimate of drug-likeness (QED) is 0.763. The fraction of sp³-hybridized carbons (Fsp3) is 0.125. The number of aromatic amines is 1. The molecule has 0 saturated heterocycles. The number of hydrogen-bond acceptors (Lipinski definition) is 2. The molecule has 2 aliphatic heterocycles. The van der Waals surface area contributed by atoms with Crippen molar-refractivity contribution in [2.24, 2.45) is 4.99 Å². The monoisotopic (exact) mass is 263 g/mol. The first-order valence-corrected chi connectivity index (χ1v) is 6.65. The number of nitrogens with one attached hydrogen (secondary N) is 2. The Morgan fingerprint density at radius 3 is 3.05 bits per heavy atom. The van der Waals surface area contributed by atoms with Crippen LogP contribution in [0.1, 0.15) is 22.5 Å². The molecular formula is C16H13N3O. The van der Waals surface area contributed by atoms with Gasteiger partial charge in [0.25, 0.3) is 5.91 Å². The molecule has 4 rings (SSSR count). The van der Waals surface area contributed by atoms with Gasteiger partial charge in [0.1, 0.15) is 0 Å². The third-order valence-electron chi connectivity index (χ3n) is 3.69. The van der Waals surface area contributed by atoms with Crippen molar-refractivity contribution in [2.75, 3.05) is 11.9 Å². The zero-order chi connectivity index (χ0) is 13.5. The van der Waals surface area contributed by atoms with E-state index < -0.39 is 0 Å². The van der Waals surface area contributed by atoms with E-state index in [1.165, 1.54) is 5.69 Å². The first-order chi connectivity index (χ1) is 9.81. The van der Waals surface area contributed by atoms with Crippen molar-refractivity contribution in [3.8, 4) is 0 Å². The van der Waals surface area contributed by atoms with Crippen LogP contribution in [0.4, 0.5) is 5.69 Å². The maximum atomic E-state index is 12.1. The Hall–Kier alpha value is -2.62. The molecule has 3 heterocycles. The molecular weight excluding hydrogens is 250 g/mol. The highest BCUT2D eigenvalue weighted by Gasteiger charge is 2.23. The van der Waals surface area contributed by atoms with Crippen LogP contribution < -0.4 is 5.32 Å². The number of anilines is 1. The Morgan fingerprint density at radius 1 is 1.25 bits per heavy atom. The van der Waals surface area contributed by atoms with Crippen molar-refractivity contribution in [1.82, 2.24) is 4.98 Å². The molecule has 0 spiro atoms. The number of aromatic nitrogens is 1. The van der Waals surface area contributed by atoms with E-state index in [0.717, 1.165) is 35.5 Å². The van der Waals surface area contributed by atoms with Gasteiger partial charge in [0.15, 0.2) is 0 Å². The maximum absolute atomic E-state index is 12.1. The standard InChI is InChI=1S/C16H13N3O/c20-16-13(12-3-1-2-4-15(12)19-16)8-11-7-10-9-17-6-5-14(10)18-11/h1-4,7-9,18H,5-6H2,(H,19,20). The number of H-pyrrole nitrogens is 1. The Kier molecular flexibility index (Phi) is 2.36. The molecule has 20 heavy (non-hydrogen) atoms. The van der Waals surface area contributed by atoms with Crippen molar-refractivity contribution in [3.63, 3.8) is 0 Å². The van der Waals surface area contributed by atoms with Gasteiger partial charge in [-0.3, -0.25) is 9.79 Å². The molecule has 1 aromatic heterocycles. The van der Waals surface area contributed by atoms with Gasteiger partial charge in [-0.2, -0.15) is 0 Å². The fourth-order valence-corrected chi connectivity index (χ4v) is 2.71. The van der Waals surface area contributed by atoms with Crippen molar-refractivity contribution in [1.29, 1.82) is 0 Å². The fourth-order valence-electron chi connectivity index (χ4n) is 2.71. The van der Waals surface area contributed by atoms with E-state index in [9.17, 15) is 4.79 Å². The van der Waals surface area contributed by atoms with E-state index in [-0.39, 0.29) is 5.91 Å². The zero-order valence-corrected chi connectivity index (χ0v) is 10.8. The summed E-state index contributed by atoms with van der Waals surface area (Å²) in [5, 5.41) is 2.88. The smallest absolute Gasteiger partial charge is 0.256 e. The van der Waals surface area contributed by atoms with Crippen LogP contribution in [0.5, 0.6) is 0 Å². The first kappa shape index (κ1) is 11.2. The Morgan fingerprint density at radius 2 is 2.15 bits per heavy atom. The van der Waals surface area contributed by atoms with Crippen molar-refractivity contribution in [2.45, 2.75) is 6.42 Å². The number of aliphatic imine (C=N–C) groups is 1. The summed E-state index contributed by atoms with van der Waals surface area (Å²) in [5.74, 6) is -0.0487. The molecule has 2 aromatic rings. The zero-order valence-electron chi connectivity index (χ0n) is 10.8. The molecule has 0 aliphatic carbocycles. The number of hydrogen-bond donors (Lipinski definition) is 2. The molecule has 4 nitrogen and oxygen atoms in total. The molecule has 0 radical (unpaired) electrons. The second-order valence-electron chi connectivity index (χ2n) is 5.00. The second-order valence-corrected chi connectivity index (χ2v) is 5.00. The van der Waals surface area contributed by atoms with E-state index in [1.807, 2.05) is 42.6 Å². The number of nitrogens with zero attached hydrogens (tertiary/aromatic N) is 1. The normalized spacial score (nSPS) is 18.0. The number of benzene rings is 1. The highest BCUT2D eigenvalue weighted by molar-refractivity contribution is 6.34. The average Bonchev–Trinajstić information content (AvgIpc) is 3.00. The van der Waals surface area contributed by atoms with Gasteiger partial charge in [0, 0.05) is 47.4 Å². The number of amides is 1. The Balaban J connectivity index is 1.79. The van der Waals surface area contributed by atoms with Crippen LogP contribution in [-0.2, 0) is 11.2 Å². The van der Waals surface area contributed by atoms with Gasteiger partial charge in [-0.15, -0.1) is 0 Å². The summed E-state index contributed by atoms with van der Waals surface area (Å²) in [6.45, 7) is 0.826. The average molecular weight is 263 g/mol. The van der Waals surface area contributed by atoms with E-state index in [0.29, 0.717) is 5.57 Å². The van der Waals surface area contributed by atoms with Crippen LogP contribution in [0.25, 0.3) is 11.6 Å². The summed E-state index contributed by atoms with van der Waals surface area (Å²) in [6, 6.07) is 9.79. The second kappa shape index (κ2) is 4.20. The van der Waals surface area contributed by atoms with Crippen LogP contribution in [0.2, 0.25) is 0 Å². The molecule has 4 heteroatoms. The predicted molar refractivity (Wildman–Crippen MR) is 79.9 cm³/mol. The lowest BCUT2D eigenvalue weighted by molar-refractivity contribution is -0.110. The largest absolute Gasteiger partial charge is 0.358 e. The molecule has 1 aromatic carbocycles. The summed E-state index contributed by atoms with van der Waals surface area (Å²) in [4.78, 5) is 19.7. The van der Waals surface area contributed by atoms with Gasteiger partial charge in [0.05, 0.1) is 5.57 Å². The molecule has 2 N–H and O–H groups in total. The predicted octanol–water partition coefficient (Wildman–Crippen LogP) is 2.48. The third kappa shape index (κ3) is 1.69. The van der Waals surface area contributed by atoms with Gasteiger partial charge in [-0.25, -0.2) is 0 Å². The molecule has 0 bridgehead atoms. The Labute approximate surface area is 116 Å². The summed E-state index contributed by atoms with van der Waals surface area (Å²) in [6.07, 6.45) is 4.73. The minimum Gasteiger partial charge on any atom is -0.358 e. The molecule has 98 valence electrons. The highest BCUT2D eigenvalue weighted by atomic mass is 16.2. The van der Waals surface area contributed by atoms with Gasteiger partial charge < -0.3 is 10.3 Å². The SMILES string of the molecule is O=C1Nc2ccccc2C1=Cc1cc2c([nH]1)CCN=C2. The number of fused-ring (bicyclic) bond motifs is 2. The molecule has 2 aliphatic rings. The number of carbonyl (C=O) groups excluding carboxylic acids is 1. The van der Waals surface area contributed by atoms with Gasteiger partial charge >= 0.3 is 0 Å². The van der Waals surface area contributed by atoms with Crippen LogP contribution in [0.15, 0.2) is 35.3 Å². The summed E-state index contributed by atoms with van der Waals surface area (Å²) in [7, 11) is 0. The van der Waals surface area contributed by atoms with E-state index >= 15 is 0 Å². The van der Waals surface area contributed by atoms with E-state index in [2.05, 4.69) is 15.3 Å². The van der Waals surface area contributed by atoms with Crippen LogP contribution in [0.3, 0.4) is 0 Å². The van der Waals surface area contributed by atoms with Gasteiger partial charge in [0.2, 0.25) is 0 Å². The number of carbonyl (C=O) groups is 1. The molecule has 1 amide bonds. The van der Waals surface area contributed by atoms with E-state index in [1.54, 1.807) is 0 Å². The van der Waals surface area contributed by atoms with Crippen LogP contribution in [-0.4, -0.2) is 23.7 Å². The minimum atomic E-state index is -0.0487. The first-order valence-electron chi connectivity index (χ1n) is 6.65. The van der Waals surface area contributed by atoms with Crippen LogP contribution >= 0.6 is 0 Å². The molecule has 0 unspecified atom stereocenters. The minimum absolute atomic E-state index is 0.0487. The Bertz CT molecular complexity index is 768. The van der Waals surface area contributed by atoms with Crippen molar-refractivity contribution >= 4 is 29.5 Å². The van der Waals surface area contributed by atoms with E-state index in [4.69, 9.17) is 0 Å². The summed E-state index contributed by atoms with van der Waals surface area (Å²) in [5.41, 5.74) is 5.80. The molecule has 0 fully saturated rings. The van der Waals surface area contributed by atoms with Crippen molar-refractivity contribution in [3.05, 3.63) is 52.8 Å². The van der Waals surface area contributed by atoms with Gasteiger partial charge in [-0.05, 0) is 18.2 Å². The molecule has 0 saturated carbocycles. The lowest BCUT2D eigenvalue weighted by atomic mass is 10.1. The van der Waals surface area contributed by atoms with Crippen LogP contribution in [0, 0.1) is 0 Å². The number of para-hydroxylation sites is 1. The maximum Gasteiger partial charge on any atom is 0.256 e. The number of rotatable bonds is 1. The van der Waals surface area contributed by atoms with Gasteiger partial charge in [-0.1, -0.05) is 18.2 Å². The lowest BCUT2D eigenvalue weighted by Crippen LogP contribution is -2.03. The third-order valence-corrected chi connectivity index (χ3v) is 3.69. The summed E-state index contributed by atoms with van der Waals surface area (Å²) < 4.78 is 0. The lowest BCUT2D eigenvalue weighted by Gasteiger charge is -2.01. The van der Waals surface area contributed by atoms with Crippen molar-refractivity contribution < 1.29 is 4.79 Å². The highest BCUT2D eigenvalue weighted by Crippen LogP contribution is 2.32.